The van der Waals surface area contributed by atoms with E-state index >= 15 is 0 Å². The van der Waals surface area contributed by atoms with Gasteiger partial charge in [0, 0.05) is 41.6 Å². The summed E-state index contributed by atoms with van der Waals surface area (Å²) in [6.45, 7) is 3.01. The van der Waals surface area contributed by atoms with Gasteiger partial charge in [-0.3, -0.25) is 4.79 Å². The molecule has 2 rings (SSSR count). The van der Waals surface area contributed by atoms with Crippen LogP contribution in [0.1, 0.15) is 0 Å². The van der Waals surface area contributed by atoms with E-state index in [9.17, 15) is 10.1 Å². The van der Waals surface area contributed by atoms with Gasteiger partial charge in [-0.25, -0.2) is 0 Å². The summed E-state index contributed by atoms with van der Waals surface area (Å²) < 4.78 is 1.14. The van der Waals surface area contributed by atoms with Gasteiger partial charge in [-0.05, 0) is 53.9 Å². The van der Waals surface area contributed by atoms with Gasteiger partial charge in [0.1, 0.15) is 11.6 Å². The quantitative estimate of drug-likeness (QED) is 0.482. The fraction of sp³-hybridized carbons (Fsp3) is 0.333. The largest absolute Gasteiger partial charge is 0.360 e. The van der Waals surface area contributed by atoms with Gasteiger partial charge in [-0.2, -0.15) is 5.26 Å². The number of piperazine rings is 1. The molecule has 0 unspecified atom stereocenters. The minimum Gasteiger partial charge on any atom is -0.360 e. The highest BCUT2D eigenvalue weighted by molar-refractivity contribution is 14.1. The van der Waals surface area contributed by atoms with Crippen LogP contribution in [0.4, 0.5) is 5.69 Å². The summed E-state index contributed by atoms with van der Waals surface area (Å²) in [5.74, 6) is -0.205. The van der Waals surface area contributed by atoms with E-state index in [-0.39, 0.29) is 11.5 Å². The van der Waals surface area contributed by atoms with Crippen LogP contribution in [0.25, 0.3) is 0 Å². The molecular weight excluding hydrogens is 379 g/mol. The topological polar surface area (TPSA) is 59.4 Å². The summed E-state index contributed by atoms with van der Waals surface area (Å²) in [6.07, 6.45) is 1.49. The van der Waals surface area contributed by atoms with Crippen LogP contribution < -0.4 is 5.32 Å². The molecule has 1 amide bonds. The second kappa shape index (κ2) is 7.43. The molecule has 1 aliphatic rings. The number of carbonyl (C=O) groups is 1. The minimum atomic E-state index is -0.205. The monoisotopic (exact) mass is 396 g/mol. The van der Waals surface area contributed by atoms with E-state index in [1.54, 1.807) is 4.90 Å². The zero-order valence-electron chi connectivity index (χ0n) is 11.8. The van der Waals surface area contributed by atoms with Gasteiger partial charge in [-0.15, -0.1) is 0 Å². The first kappa shape index (κ1) is 15.8. The molecular formula is C15H17IN4O. The van der Waals surface area contributed by atoms with E-state index in [0.29, 0.717) is 13.1 Å². The van der Waals surface area contributed by atoms with Crippen molar-refractivity contribution in [1.29, 1.82) is 5.26 Å². The third-order valence-corrected chi connectivity index (χ3v) is 4.09. The number of carbonyl (C=O) groups excluding carboxylic acids is 1. The lowest BCUT2D eigenvalue weighted by Gasteiger charge is -2.32. The number of hydrogen-bond acceptors (Lipinski definition) is 4. The summed E-state index contributed by atoms with van der Waals surface area (Å²) >= 11 is 2.23. The standard InChI is InChI=1S/C15H17IN4O/c1-19-6-8-20(9-7-19)15(21)12(10-17)11-18-14-4-2-13(16)3-5-14/h2-5,11,18H,6-9H2,1H3/b12-11-. The summed E-state index contributed by atoms with van der Waals surface area (Å²) in [5.41, 5.74) is 0.993. The van der Waals surface area contributed by atoms with Crippen LogP contribution in [0.15, 0.2) is 36.0 Å². The summed E-state index contributed by atoms with van der Waals surface area (Å²) in [7, 11) is 2.03. The van der Waals surface area contributed by atoms with Crippen molar-refractivity contribution in [3.05, 3.63) is 39.6 Å². The van der Waals surface area contributed by atoms with Gasteiger partial charge in [0.25, 0.3) is 5.91 Å². The van der Waals surface area contributed by atoms with Gasteiger partial charge < -0.3 is 15.1 Å². The van der Waals surface area contributed by atoms with Crippen molar-refractivity contribution in [2.75, 3.05) is 38.5 Å². The Morgan fingerprint density at radius 3 is 2.48 bits per heavy atom. The molecule has 0 radical (unpaired) electrons. The fourth-order valence-electron chi connectivity index (χ4n) is 2.02. The number of likely N-dealkylation sites (N-methyl/N-ethyl adjacent to an activating group) is 1. The highest BCUT2D eigenvalue weighted by atomic mass is 127. The van der Waals surface area contributed by atoms with Crippen molar-refractivity contribution in [1.82, 2.24) is 9.80 Å². The Morgan fingerprint density at radius 1 is 1.29 bits per heavy atom. The van der Waals surface area contributed by atoms with Crippen molar-refractivity contribution in [3.8, 4) is 6.07 Å². The maximum atomic E-state index is 12.3. The van der Waals surface area contributed by atoms with Crippen molar-refractivity contribution in [2.24, 2.45) is 0 Å². The summed E-state index contributed by atoms with van der Waals surface area (Å²) in [6, 6.07) is 9.73. The number of nitrogens with one attached hydrogen (secondary N) is 1. The van der Waals surface area contributed by atoms with Gasteiger partial charge >= 0.3 is 0 Å². The number of hydrogen-bond donors (Lipinski definition) is 1. The smallest absolute Gasteiger partial charge is 0.266 e. The summed E-state index contributed by atoms with van der Waals surface area (Å²) in [4.78, 5) is 16.2. The second-order valence-corrected chi connectivity index (χ2v) is 6.16. The van der Waals surface area contributed by atoms with E-state index in [1.807, 2.05) is 37.4 Å². The van der Waals surface area contributed by atoms with E-state index in [1.165, 1.54) is 6.20 Å². The lowest BCUT2D eigenvalue weighted by atomic mass is 10.2. The van der Waals surface area contributed by atoms with Crippen LogP contribution >= 0.6 is 22.6 Å². The molecule has 1 heterocycles. The molecule has 21 heavy (non-hydrogen) atoms. The molecule has 0 aliphatic carbocycles. The lowest BCUT2D eigenvalue weighted by molar-refractivity contribution is -0.128. The Balaban J connectivity index is 2.01. The van der Waals surface area contributed by atoms with Gasteiger partial charge in [0.2, 0.25) is 0 Å². The zero-order valence-corrected chi connectivity index (χ0v) is 14.0. The van der Waals surface area contributed by atoms with Crippen molar-refractivity contribution in [2.45, 2.75) is 0 Å². The number of amides is 1. The molecule has 1 aromatic carbocycles. The maximum Gasteiger partial charge on any atom is 0.266 e. The van der Waals surface area contributed by atoms with Gasteiger partial charge in [0.05, 0.1) is 0 Å². The van der Waals surface area contributed by atoms with Crippen molar-refractivity contribution >= 4 is 34.2 Å². The normalized spacial score (nSPS) is 16.4. The highest BCUT2D eigenvalue weighted by Gasteiger charge is 2.21. The molecule has 1 N–H and O–H groups in total. The van der Waals surface area contributed by atoms with E-state index < -0.39 is 0 Å². The third-order valence-electron chi connectivity index (χ3n) is 3.37. The van der Waals surface area contributed by atoms with Crippen LogP contribution in [0.5, 0.6) is 0 Å². The Labute approximate surface area is 138 Å². The molecule has 1 aliphatic heterocycles. The number of benzene rings is 1. The molecule has 0 atom stereocenters. The van der Waals surface area contributed by atoms with Crippen LogP contribution in [0.2, 0.25) is 0 Å². The third kappa shape index (κ3) is 4.44. The number of halogens is 1. The van der Waals surface area contributed by atoms with Crippen LogP contribution in [-0.2, 0) is 4.79 Å². The SMILES string of the molecule is CN1CCN(C(=O)/C(C#N)=C\Nc2ccc(I)cc2)CC1. The number of rotatable bonds is 3. The second-order valence-electron chi connectivity index (χ2n) is 4.92. The molecule has 1 fully saturated rings. The number of anilines is 1. The average Bonchev–Trinajstić information content (AvgIpc) is 2.50. The Bertz CT molecular complexity index is 568. The first-order valence-corrected chi connectivity index (χ1v) is 7.78. The minimum absolute atomic E-state index is 0.137. The van der Waals surface area contributed by atoms with Crippen molar-refractivity contribution in [3.63, 3.8) is 0 Å². The molecule has 110 valence electrons. The first-order valence-electron chi connectivity index (χ1n) is 6.70. The summed E-state index contributed by atoms with van der Waals surface area (Å²) in [5, 5.41) is 12.2. The van der Waals surface area contributed by atoms with E-state index in [4.69, 9.17) is 0 Å². The molecule has 6 heteroatoms. The first-order chi connectivity index (χ1) is 10.1. The lowest BCUT2D eigenvalue weighted by Crippen LogP contribution is -2.47. The number of nitrogens with zero attached hydrogens (tertiary/aromatic N) is 3. The molecule has 0 spiro atoms. The molecule has 1 saturated heterocycles. The molecule has 0 saturated carbocycles. The Kier molecular flexibility index (Phi) is 5.59. The van der Waals surface area contributed by atoms with Crippen molar-refractivity contribution < 1.29 is 4.79 Å². The average molecular weight is 396 g/mol. The maximum absolute atomic E-state index is 12.3. The Morgan fingerprint density at radius 2 is 1.90 bits per heavy atom. The molecule has 0 bridgehead atoms. The van der Waals surface area contributed by atoms with E-state index in [0.717, 1.165) is 22.3 Å². The van der Waals surface area contributed by atoms with E-state index in [2.05, 4.69) is 32.8 Å². The number of nitriles is 1. The predicted octanol–water partition coefficient (Wildman–Crippen LogP) is 1.88. The fourth-order valence-corrected chi connectivity index (χ4v) is 2.38. The Hall–Kier alpha value is -1.59. The van der Waals surface area contributed by atoms with Crippen LogP contribution in [0, 0.1) is 14.9 Å². The van der Waals surface area contributed by atoms with Gasteiger partial charge in [-0.1, -0.05) is 0 Å². The molecule has 1 aromatic rings. The molecule has 5 nitrogen and oxygen atoms in total. The highest BCUT2D eigenvalue weighted by Crippen LogP contribution is 2.12. The van der Waals surface area contributed by atoms with Crippen LogP contribution in [-0.4, -0.2) is 48.9 Å². The molecule has 0 aromatic heterocycles. The zero-order chi connectivity index (χ0) is 15.2. The van der Waals surface area contributed by atoms with Gasteiger partial charge in [0.15, 0.2) is 0 Å². The van der Waals surface area contributed by atoms with Crippen LogP contribution in [0.3, 0.4) is 0 Å². The predicted molar refractivity (Wildman–Crippen MR) is 90.6 cm³/mol.